The Balaban J connectivity index is 1.65. The third-order valence-electron chi connectivity index (χ3n) is 4.84. The van der Waals surface area contributed by atoms with Crippen molar-refractivity contribution in [1.29, 1.82) is 0 Å². The number of hydrogen-bond donors (Lipinski definition) is 0. The minimum atomic E-state index is -3.14. The summed E-state index contributed by atoms with van der Waals surface area (Å²) in [5.41, 5.74) is 2.78. The number of aryl methyl sites for hydroxylation is 1. The van der Waals surface area contributed by atoms with Gasteiger partial charge in [0.15, 0.2) is 15.0 Å². The predicted molar refractivity (Wildman–Crippen MR) is 105 cm³/mol. The second-order valence-electron chi connectivity index (χ2n) is 6.66. The van der Waals surface area contributed by atoms with E-state index in [1.54, 1.807) is 23.1 Å². The highest BCUT2D eigenvalue weighted by Crippen LogP contribution is 2.37. The van der Waals surface area contributed by atoms with Crippen molar-refractivity contribution in [3.8, 4) is 0 Å². The molecule has 7 heteroatoms. The Labute approximate surface area is 157 Å². The quantitative estimate of drug-likeness (QED) is 0.806. The summed E-state index contributed by atoms with van der Waals surface area (Å²) in [7, 11) is -3.14. The van der Waals surface area contributed by atoms with Gasteiger partial charge in [-0.2, -0.15) is 0 Å². The van der Waals surface area contributed by atoms with E-state index in [1.807, 2.05) is 12.1 Å². The van der Waals surface area contributed by atoms with Crippen LogP contribution in [0.1, 0.15) is 11.1 Å². The third kappa shape index (κ3) is 3.25. The average molecular weight is 391 g/mol. The van der Waals surface area contributed by atoms with E-state index in [4.69, 9.17) is 0 Å². The number of benzene rings is 2. The van der Waals surface area contributed by atoms with Crippen molar-refractivity contribution < 1.29 is 12.8 Å². The molecular formula is C19H19FN2O2S2. The van der Waals surface area contributed by atoms with E-state index >= 15 is 0 Å². The molecule has 1 saturated heterocycles. The van der Waals surface area contributed by atoms with Crippen LogP contribution in [0.25, 0.3) is 0 Å². The van der Waals surface area contributed by atoms with Gasteiger partial charge in [0.05, 0.1) is 29.3 Å². The van der Waals surface area contributed by atoms with Crippen LogP contribution in [-0.4, -0.2) is 37.2 Å². The summed E-state index contributed by atoms with van der Waals surface area (Å²) in [6.07, 6.45) is 0. The van der Waals surface area contributed by atoms with Gasteiger partial charge in [-0.05, 0) is 30.2 Å². The van der Waals surface area contributed by atoms with Gasteiger partial charge in [0, 0.05) is 5.75 Å². The number of hydrogen-bond acceptors (Lipinski definition) is 5. The summed E-state index contributed by atoms with van der Waals surface area (Å²) in [6.45, 7) is 2.06. The molecule has 0 N–H and O–H groups in total. The van der Waals surface area contributed by atoms with Crippen LogP contribution in [0.15, 0.2) is 53.5 Å². The lowest BCUT2D eigenvalue weighted by Gasteiger charge is -2.26. The number of fused-ring (bicyclic) bond motifs is 1. The largest absolute Gasteiger partial charge is 0.312 e. The van der Waals surface area contributed by atoms with E-state index in [-0.39, 0.29) is 29.4 Å². The zero-order valence-corrected chi connectivity index (χ0v) is 15.9. The number of halogens is 1. The molecule has 0 amide bonds. The molecule has 2 aromatic carbocycles. The zero-order valence-electron chi connectivity index (χ0n) is 14.3. The van der Waals surface area contributed by atoms with Gasteiger partial charge in [-0.15, -0.1) is 0 Å². The van der Waals surface area contributed by atoms with Crippen molar-refractivity contribution in [2.75, 3.05) is 16.4 Å². The first kappa shape index (κ1) is 17.5. The number of thioether (sulfide) groups is 1. The van der Waals surface area contributed by atoms with Crippen LogP contribution in [-0.2, 0) is 15.6 Å². The van der Waals surface area contributed by atoms with Crippen molar-refractivity contribution >= 4 is 32.5 Å². The molecular weight excluding hydrogens is 371 g/mol. The molecule has 2 aliphatic rings. The maximum atomic E-state index is 14.4. The Morgan fingerprint density at radius 2 is 1.88 bits per heavy atom. The normalized spacial score (nSPS) is 23.8. The number of nitrogens with zero attached hydrogens (tertiary/aromatic N) is 2. The minimum absolute atomic E-state index is 0.0178. The smallest absolute Gasteiger partial charge is 0.164 e. The van der Waals surface area contributed by atoms with Gasteiger partial charge >= 0.3 is 0 Å². The Bertz CT molecular complexity index is 975. The van der Waals surface area contributed by atoms with Crippen molar-refractivity contribution in [2.45, 2.75) is 24.8 Å². The number of aliphatic imine (C=N–C) groups is 1. The van der Waals surface area contributed by atoms with Gasteiger partial charge in [-0.3, -0.25) is 4.99 Å². The topological polar surface area (TPSA) is 49.7 Å². The van der Waals surface area contributed by atoms with Gasteiger partial charge in [-0.25, -0.2) is 12.8 Å². The molecule has 0 unspecified atom stereocenters. The Kier molecular flexibility index (Phi) is 4.52. The predicted octanol–water partition coefficient (Wildman–Crippen LogP) is 3.41. The summed E-state index contributed by atoms with van der Waals surface area (Å²) >= 11 is 1.53. The average Bonchev–Trinajstić information content (AvgIpc) is 3.06. The molecule has 0 aliphatic carbocycles. The summed E-state index contributed by atoms with van der Waals surface area (Å²) in [4.78, 5) is 6.43. The third-order valence-corrected chi connectivity index (χ3v) is 7.55. The Hall–Kier alpha value is -1.86. The Morgan fingerprint density at radius 3 is 2.65 bits per heavy atom. The SMILES string of the molecule is Cc1ccccc1CSC1=N[C@H]2CS(=O)(=O)C[C@@H]2N1c1ccccc1F. The highest BCUT2D eigenvalue weighted by Gasteiger charge is 2.47. The van der Waals surface area contributed by atoms with E-state index in [1.165, 1.54) is 29.0 Å². The van der Waals surface area contributed by atoms with Gasteiger partial charge in [0.1, 0.15) is 5.82 Å². The molecule has 0 saturated carbocycles. The van der Waals surface area contributed by atoms with Crippen LogP contribution in [0, 0.1) is 12.7 Å². The first-order valence-corrected chi connectivity index (χ1v) is 11.2. The first-order chi connectivity index (χ1) is 12.4. The van der Waals surface area contributed by atoms with Gasteiger partial charge < -0.3 is 4.90 Å². The molecule has 4 nitrogen and oxygen atoms in total. The summed E-state index contributed by atoms with van der Waals surface area (Å²) in [5.74, 6) is 0.408. The molecule has 2 aliphatic heterocycles. The molecule has 26 heavy (non-hydrogen) atoms. The molecule has 0 radical (unpaired) electrons. The van der Waals surface area contributed by atoms with Crippen molar-refractivity contribution in [3.05, 3.63) is 65.5 Å². The van der Waals surface area contributed by atoms with Gasteiger partial charge in [0.25, 0.3) is 0 Å². The lowest BCUT2D eigenvalue weighted by molar-refractivity contribution is 0.600. The fourth-order valence-corrected chi connectivity index (χ4v) is 6.51. The zero-order chi connectivity index (χ0) is 18.3. The summed E-state index contributed by atoms with van der Waals surface area (Å²) in [5, 5.41) is 0.697. The highest BCUT2D eigenvalue weighted by molar-refractivity contribution is 8.13. The Morgan fingerprint density at radius 1 is 1.15 bits per heavy atom. The lowest BCUT2D eigenvalue weighted by Crippen LogP contribution is -2.39. The fraction of sp³-hybridized carbons (Fsp3) is 0.316. The molecule has 0 bridgehead atoms. The van der Waals surface area contributed by atoms with Gasteiger partial charge in [0.2, 0.25) is 0 Å². The van der Waals surface area contributed by atoms with Crippen LogP contribution in [0.2, 0.25) is 0 Å². The van der Waals surface area contributed by atoms with E-state index in [0.29, 0.717) is 16.6 Å². The molecule has 2 aromatic rings. The van der Waals surface area contributed by atoms with Crippen molar-refractivity contribution in [1.82, 2.24) is 0 Å². The molecule has 136 valence electrons. The van der Waals surface area contributed by atoms with E-state index < -0.39 is 9.84 Å². The summed E-state index contributed by atoms with van der Waals surface area (Å²) in [6, 6.07) is 14.0. The maximum absolute atomic E-state index is 14.4. The number of anilines is 1. The van der Waals surface area contributed by atoms with Crippen molar-refractivity contribution in [2.24, 2.45) is 4.99 Å². The van der Waals surface area contributed by atoms with E-state index in [0.717, 1.165) is 0 Å². The second-order valence-corrected chi connectivity index (χ2v) is 9.76. The fourth-order valence-electron chi connectivity index (χ4n) is 3.48. The number of amidine groups is 1. The first-order valence-electron chi connectivity index (χ1n) is 8.44. The van der Waals surface area contributed by atoms with Gasteiger partial charge in [-0.1, -0.05) is 48.2 Å². The van der Waals surface area contributed by atoms with E-state index in [2.05, 4.69) is 24.0 Å². The van der Waals surface area contributed by atoms with Crippen LogP contribution in [0.3, 0.4) is 0 Å². The number of para-hydroxylation sites is 1. The second kappa shape index (κ2) is 6.70. The molecule has 0 aromatic heterocycles. The van der Waals surface area contributed by atoms with Crippen LogP contribution in [0.5, 0.6) is 0 Å². The molecule has 4 rings (SSSR count). The van der Waals surface area contributed by atoms with Crippen molar-refractivity contribution in [3.63, 3.8) is 0 Å². The molecule has 0 spiro atoms. The van der Waals surface area contributed by atoms with Crippen LogP contribution >= 0.6 is 11.8 Å². The van der Waals surface area contributed by atoms with Crippen LogP contribution < -0.4 is 4.90 Å². The monoisotopic (exact) mass is 390 g/mol. The minimum Gasteiger partial charge on any atom is -0.312 e. The molecule has 2 atom stereocenters. The van der Waals surface area contributed by atoms with Crippen LogP contribution in [0.4, 0.5) is 10.1 Å². The highest BCUT2D eigenvalue weighted by atomic mass is 32.2. The van der Waals surface area contributed by atoms with E-state index in [9.17, 15) is 12.8 Å². The summed E-state index contributed by atoms with van der Waals surface area (Å²) < 4.78 is 38.5. The maximum Gasteiger partial charge on any atom is 0.164 e. The molecule has 2 heterocycles. The number of rotatable bonds is 3. The standard InChI is InChI=1S/C19H19FN2O2S2/c1-13-6-2-3-7-14(13)10-25-19-21-16-11-26(23,24)12-18(16)22(19)17-9-5-4-8-15(17)20/h2-9,16,18H,10-12H2,1H3/t16-,18-/m0/s1. The molecule has 1 fully saturated rings. The lowest BCUT2D eigenvalue weighted by atomic mass is 10.1. The number of sulfone groups is 1.